The van der Waals surface area contributed by atoms with Crippen molar-refractivity contribution in [3.05, 3.63) is 28.7 Å². The van der Waals surface area contributed by atoms with Crippen LogP contribution in [-0.2, 0) is 19.0 Å². The van der Waals surface area contributed by atoms with Crippen LogP contribution in [0.1, 0.15) is 26.2 Å². The molecule has 0 aliphatic carbocycles. The maximum absolute atomic E-state index is 12.1. The molecule has 0 N–H and O–H groups in total. The highest BCUT2D eigenvalue weighted by Crippen LogP contribution is 2.30. The van der Waals surface area contributed by atoms with Crippen LogP contribution >= 0.6 is 15.9 Å². The van der Waals surface area contributed by atoms with E-state index in [0.29, 0.717) is 13.0 Å². The first-order valence-electron chi connectivity index (χ1n) is 5.76. The fraction of sp³-hybridized carbons (Fsp3) is 0.500. The van der Waals surface area contributed by atoms with Crippen molar-refractivity contribution in [1.29, 1.82) is 0 Å². The molecular formula is C12H15BrO4S. The summed E-state index contributed by atoms with van der Waals surface area (Å²) < 4.78 is 35.7. The molecule has 1 aromatic rings. The number of ether oxygens (including phenoxy) is 1. The van der Waals surface area contributed by atoms with Crippen molar-refractivity contribution in [3.8, 4) is 0 Å². The zero-order valence-corrected chi connectivity index (χ0v) is 12.5. The molecule has 18 heavy (non-hydrogen) atoms. The summed E-state index contributed by atoms with van der Waals surface area (Å²) in [6.07, 6.45) is 2.44. The maximum atomic E-state index is 12.1. The van der Waals surface area contributed by atoms with Crippen LogP contribution in [0.25, 0.3) is 0 Å². The van der Waals surface area contributed by atoms with Gasteiger partial charge in [-0.05, 0) is 44.0 Å². The van der Waals surface area contributed by atoms with Crippen molar-refractivity contribution < 1.29 is 17.3 Å². The fourth-order valence-electron chi connectivity index (χ4n) is 1.86. The fourth-order valence-corrected chi connectivity index (χ4v) is 3.28. The van der Waals surface area contributed by atoms with Crippen molar-refractivity contribution in [2.24, 2.45) is 0 Å². The Morgan fingerprint density at radius 3 is 2.50 bits per heavy atom. The summed E-state index contributed by atoms with van der Waals surface area (Å²) >= 11 is 3.26. The lowest BCUT2D eigenvalue weighted by atomic mass is 10.1. The minimum absolute atomic E-state index is 0.140. The second kappa shape index (κ2) is 5.28. The Morgan fingerprint density at radius 1 is 1.28 bits per heavy atom. The molecular weight excluding hydrogens is 320 g/mol. The second-order valence-electron chi connectivity index (χ2n) is 4.43. The standard InChI is InChI=1S/C12H15BrO4S/c1-12(8-2-3-9-16-12)17-18(14,15)11-6-4-10(13)5-7-11/h4-7H,2-3,8-9H2,1H3. The van der Waals surface area contributed by atoms with E-state index >= 15 is 0 Å². The number of rotatable bonds is 3. The molecule has 0 amide bonds. The third-order valence-corrected chi connectivity index (χ3v) is 4.77. The molecule has 1 aliphatic heterocycles. The van der Waals surface area contributed by atoms with Crippen molar-refractivity contribution in [2.45, 2.75) is 36.9 Å². The van der Waals surface area contributed by atoms with E-state index in [1.165, 1.54) is 12.1 Å². The lowest BCUT2D eigenvalue weighted by molar-refractivity contribution is -0.189. The van der Waals surface area contributed by atoms with Gasteiger partial charge >= 0.3 is 0 Å². The highest BCUT2D eigenvalue weighted by atomic mass is 79.9. The molecule has 1 atom stereocenters. The predicted octanol–water partition coefficient (Wildman–Crippen LogP) is 3.07. The van der Waals surface area contributed by atoms with Crippen LogP contribution in [0.15, 0.2) is 33.6 Å². The van der Waals surface area contributed by atoms with E-state index in [9.17, 15) is 8.42 Å². The zero-order valence-electron chi connectivity index (χ0n) is 10.1. The Hall–Kier alpha value is -0.430. The molecule has 1 fully saturated rings. The Bertz CT molecular complexity index is 503. The Kier molecular flexibility index (Phi) is 4.11. The summed E-state index contributed by atoms with van der Waals surface area (Å²) in [7, 11) is -3.78. The van der Waals surface area contributed by atoms with E-state index in [-0.39, 0.29) is 4.90 Å². The number of benzene rings is 1. The normalized spacial score (nSPS) is 25.0. The smallest absolute Gasteiger partial charge is 0.299 e. The molecule has 1 heterocycles. The molecule has 1 saturated heterocycles. The Labute approximate surface area is 116 Å². The quantitative estimate of drug-likeness (QED) is 0.797. The lowest BCUT2D eigenvalue weighted by Gasteiger charge is -2.32. The van der Waals surface area contributed by atoms with Gasteiger partial charge in [0.15, 0.2) is 5.79 Å². The highest BCUT2D eigenvalue weighted by molar-refractivity contribution is 9.10. The number of halogens is 1. The summed E-state index contributed by atoms with van der Waals surface area (Å²) in [5.41, 5.74) is 0. The monoisotopic (exact) mass is 334 g/mol. The van der Waals surface area contributed by atoms with Gasteiger partial charge in [-0.2, -0.15) is 8.42 Å². The molecule has 100 valence electrons. The van der Waals surface area contributed by atoms with E-state index < -0.39 is 15.9 Å². The van der Waals surface area contributed by atoms with E-state index in [4.69, 9.17) is 8.92 Å². The highest BCUT2D eigenvalue weighted by Gasteiger charge is 2.35. The van der Waals surface area contributed by atoms with Crippen LogP contribution in [0.4, 0.5) is 0 Å². The molecule has 6 heteroatoms. The van der Waals surface area contributed by atoms with Gasteiger partial charge in [0.2, 0.25) is 0 Å². The topological polar surface area (TPSA) is 52.6 Å². The van der Waals surface area contributed by atoms with Crippen molar-refractivity contribution in [1.82, 2.24) is 0 Å². The van der Waals surface area contributed by atoms with Crippen molar-refractivity contribution in [3.63, 3.8) is 0 Å². The minimum Gasteiger partial charge on any atom is -0.349 e. The van der Waals surface area contributed by atoms with Crippen LogP contribution in [0.3, 0.4) is 0 Å². The molecule has 0 saturated carbocycles. The largest absolute Gasteiger partial charge is 0.349 e. The van der Waals surface area contributed by atoms with Crippen molar-refractivity contribution in [2.75, 3.05) is 6.61 Å². The third-order valence-electron chi connectivity index (χ3n) is 2.82. The summed E-state index contributed by atoms with van der Waals surface area (Å²) in [4.78, 5) is 0.140. The molecule has 1 aliphatic rings. The average Bonchev–Trinajstić information content (AvgIpc) is 2.29. The van der Waals surface area contributed by atoms with Gasteiger partial charge in [-0.1, -0.05) is 15.9 Å². The average molecular weight is 335 g/mol. The van der Waals surface area contributed by atoms with Crippen molar-refractivity contribution >= 4 is 26.0 Å². The van der Waals surface area contributed by atoms with E-state index in [1.54, 1.807) is 19.1 Å². The van der Waals surface area contributed by atoms with Gasteiger partial charge in [0.25, 0.3) is 10.1 Å². The van der Waals surface area contributed by atoms with Crippen LogP contribution in [0, 0.1) is 0 Å². The molecule has 0 bridgehead atoms. The summed E-state index contributed by atoms with van der Waals surface area (Å²) in [5, 5.41) is 0. The molecule has 1 unspecified atom stereocenters. The summed E-state index contributed by atoms with van der Waals surface area (Å²) in [6, 6.07) is 6.35. The number of hydrogen-bond donors (Lipinski definition) is 0. The van der Waals surface area contributed by atoms with Gasteiger partial charge in [-0.25, -0.2) is 4.18 Å². The summed E-state index contributed by atoms with van der Waals surface area (Å²) in [6.45, 7) is 2.20. The Balaban J connectivity index is 2.18. The van der Waals surface area contributed by atoms with Gasteiger partial charge in [-0.15, -0.1) is 0 Å². The molecule has 0 radical (unpaired) electrons. The number of hydrogen-bond acceptors (Lipinski definition) is 4. The maximum Gasteiger partial charge on any atom is 0.299 e. The van der Waals surface area contributed by atoms with E-state index in [1.807, 2.05) is 0 Å². The first-order chi connectivity index (χ1) is 8.41. The third kappa shape index (κ3) is 3.32. The van der Waals surface area contributed by atoms with Crippen LogP contribution < -0.4 is 0 Å². The van der Waals surface area contributed by atoms with Gasteiger partial charge in [0.05, 0.1) is 11.5 Å². The minimum atomic E-state index is -3.78. The first kappa shape index (κ1) is 14.0. The van der Waals surface area contributed by atoms with Gasteiger partial charge < -0.3 is 4.74 Å². The van der Waals surface area contributed by atoms with Crippen LogP contribution in [0.2, 0.25) is 0 Å². The molecule has 0 aromatic heterocycles. The molecule has 4 nitrogen and oxygen atoms in total. The van der Waals surface area contributed by atoms with Crippen LogP contribution in [-0.4, -0.2) is 20.8 Å². The van der Waals surface area contributed by atoms with Gasteiger partial charge in [0.1, 0.15) is 0 Å². The predicted molar refractivity (Wildman–Crippen MR) is 70.6 cm³/mol. The Morgan fingerprint density at radius 2 is 1.94 bits per heavy atom. The SMILES string of the molecule is CC1(OS(=O)(=O)c2ccc(Br)cc2)CCCCO1. The first-order valence-corrected chi connectivity index (χ1v) is 7.97. The zero-order chi connectivity index (χ0) is 13.2. The molecule has 2 rings (SSSR count). The lowest BCUT2D eigenvalue weighted by Crippen LogP contribution is -2.37. The van der Waals surface area contributed by atoms with E-state index in [0.717, 1.165) is 17.3 Å². The van der Waals surface area contributed by atoms with Gasteiger partial charge in [-0.3, -0.25) is 0 Å². The summed E-state index contributed by atoms with van der Waals surface area (Å²) in [5.74, 6) is -1.04. The molecule has 0 spiro atoms. The second-order valence-corrected chi connectivity index (χ2v) is 6.89. The van der Waals surface area contributed by atoms with Gasteiger partial charge in [0, 0.05) is 10.9 Å². The van der Waals surface area contributed by atoms with E-state index in [2.05, 4.69) is 15.9 Å². The van der Waals surface area contributed by atoms with Crippen LogP contribution in [0.5, 0.6) is 0 Å². The molecule has 1 aromatic carbocycles.